The van der Waals surface area contributed by atoms with Crippen LogP contribution in [0.2, 0.25) is 0 Å². The Hall–Kier alpha value is -0.790. The van der Waals surface area contributed by atoms with Gasteiger partial charge in [-0.2, -0.15) is 0 Å². The normalized spacial score (nSPS) is 29.0. The van der Waals surface area contributed by atoms with Crippen LogP contribution in [-0.2, 0) is 4.79 Å². The van der Waals surface area contributed by atoms with Gasteiger partial charge in [-0.25, -0.2) is 0 Å². The summed E-state index contributed by atoms with van der Waals surface area (Å²) in [7, 11) is 0. The van der Waals surface area contributed by atoms with Gasteiger partial charge in [0.25, 0.3) is 0 Å². The fraction of sp³-hybridized carbons (Fsp3) is 0.600. The first-order valence-electron chi connectivity index (χ1n) is 4.57. The summed E-state index contributed by atoms with van der Waals surface area (Å²) in [5.74, 6) is 0.883. The SMILES string of the molecule is C=CC(=O)N1C[CH]CC1C1CC1. The third-order valence-electron chi connectivity index (χ3n) is 2.76. The van der Waals surface area contributed by atoms with E-state index in [1.54, 1.807) is 0 Å². The van der Waals surface area contributed by atoms with Gasteiger partial charge in [-0.15, -0.1) is 0 Å². The molecule has 2 nitrogen and oxygen atoms in total. The molecule has 2 rings (SSSR count). The maximum Gasteiger partial charge on any atom is 0.246 e. The summed E-state index contributed by atoms with van der Waals surface area (Å²) in [6, 6.07) is 0.496. The highest BCUT2D eigenvalue weighted by molar-refractivity contribution is 5.87. The van der Waals surface area contributed by atoms with Crippen molar-refractivity contribution in [1.82, 2.24) is 4.90 Å². The molecule has 0 aromatic rings. The van der Waals surface area contributed by atoms with Gasteiger partial charge in [0.1, 0.15) is 0 Å². The minimum Gasteiger partial charge on any atom is -0.336 e. The Morgan fingerprint density at radius 3 is 2.92 bits per heavy atom. The van der Waals surface area contributed by atoms with Crippen molar-refractivity contribution in [2.24, 2.45) is 5.92 Å². The molecule has 1 saturated heterocycles. The van der Waals surface area contributed by atoms with Crippen molar-refractivity contribution in [1.29, 1.82) is 0 Å². The van der Waals surface area contributed by atoms with Gasteiger partial charge in [0, 0.05) is 12.6 Å². The van der Waals surface area contributed by atoms with E-state index in [-0.39, 0.29) is 5.91 Å². The largest absolute Gasteiger partial charge is 0.336 e. The van der Waals surface area contributed by atoms with Gasteiger partial charge >= 0.3 is 0 Å². The first kappa shape index (κ1) is 7.84. The smallest absolute Gasteiger partial charge is 0.246 e. The topological polar surface area (TPSA) is 20.3 Å². The predicted molar refractivity (Wildman–Crippen MR) is 47.3 cm³/mol. The van der Waals surface area contributed by atoms with Crippen LogP contribution in [-0.4, -0.2) is 23.4 Å². The van der Waals surface area contributed by atoms with Crippen molar-refractivity contribution in [2.45, 2.75) is 25.3 Å². The van der Waals surface area contributed by atoms with E-state index < -0.39 is 0 Å². The minimum atomic E-state index is 0.0978. The molecule has 0 N–H and O–H groups in total. The molecule has 1 heterocycles. The Morgan fingerprint density at radius 2 is 2.33 bits per heavy atom. The van der Waals surface area contributed by atoms with Crippen molar-refractivity contribution in [2.75, 3.05) is 6.54 Å². The first-order valence-corrected chi connectivity index (χ1v) is 4.57. The summed E-state index contributed by atoms with van der Waals surface area (Å²) >= 11 is 0. The van der Waals surface area contributed by atoms with Crippen LogP contribution >= 0.6 is 0 Å². The van der Waals surface area contributed by atoms with Gasteiger partial charge < -0.3 is 4.90 Å². The molecule has 1 saturated carbocycles. The summed E-state index contributed by atoms with van der Waals surface area (Å²) in [6.07, 6.45) is 7.32. The summed E-state index contributed by atoms with van der Waals surface area (Å²) in [6.45, 7) is 4.34. The van der Waals surface area contributed by atoms with Gasteiger partial charge in [-0.1, -0.05) is 6.58 Å². The van der Waals surface area contributed by atoms with Crippen LogP contribution in [0.25, 0.3) is 0 Å². The third-order valence-corrected chi connectivity index (χ3v) is 2.76. The van der Waals surface area contributed by atoms with Gasteiger partial charge in [0.2, 0.25) is 5.91 Å². The molecule has 65 valence electrons. The van der Waals surface area contributed by atoms with E-state index in [1.807, 2.05) is 4.90 Å². The highest BCUT2D eigenvalue weighted by atomic mass is 16.2. The van der Waals surface area contributed by atoms with Crippen LogP contribution in [0.3, 0.4) is 0 Å². The van der Waals surface area contributed by atoms with Crippen molar-refractivity contribution >= 4 is 5.91 Å². The number of rotatable bonds is 2. The van der Waals surface area contributed by atoms with Crippen molar-refractivity contribution in [3.63, 3.8) is 0 Å². The Balaban J connectivity index is 2.02. The summed E-state index contributed by atoms with van der Waals surface area (Å²) in [5, 5.41) is 0. The molecule has 12 heavy (non-hydrogen) atoms. The molecule has 1 amide bonds. The van der Waals surface area contributed by atoms with Crippen LogP contribution in [0.5, 0.6) is 0 Å². The molecule has 1 aliphatic heterocycles. The zero-order chi connectivity index (χ0) is 8.55. The summed E-state index contributed by atoms with van der Waals surface area (Å²) in [4.78, 5) is 13.3. The maximum absolute atomic E-state index is 11.3. The Kier molecular flexibility index (Phi) is 1.91. The lowest BCUT2D eigenvalue weighted by Gasteiger charge is -2.22. The van der Waals surface area contributed by atoms with Crippen molar-refractivity contribution in [3.8, 4) is 0 Å². The second-order valence-corrected chi connectivity index (χ2v) is 3.62. The molecule has 0 aromatic heterocycles. The second kappa shape index (κ2) is 2.92. The number of hydrogen-bond donors (Lipinski definition) is 0. The van der Waals surface area contributed by atoms with Crippen LogP contribution in [0.4, 0.5) is 0 Å². The maximum atomic E-state index is 11.3. The number of amides is 1. The molecular weight excluding hydrogens is 150 g/mol. The van der Waals surface area contributed by atoms with Crippen molar-refractivity contribution in [3.05, 3.63) is 19.1 Å². The molecule has 1 unspecified atom stereocenters. The van der Waals surface area contributed by atoms with Gasteiger partial charge in [0.15, 0.2) is 0 Å². The average Bonchev–Trinajstić information content (AvgIpc) is 2.83. The van der Waals surface area contributed by atoms with E-state index in [0.717, 1.165) is 18.9 Å². The number of carbonyl (C=O) groups is 1. The lowest BCUT2D eigenvalue weighted by Crippen LogP contribution is -2.35. The Bertz CT molecular complexity index is 208. The van der Waals surface area contributed by atoms with Gasteiger partial charge in [-0.05, 0) is 37.7 Å². The molecule has 2 aliphatic rings. The van der Waals surface area contributed by atoms with Crippen LogP contribution in [0, 0.1) is 12.3 Å². The van der Waals surface area contributed by atoms with Crippen LogP contribution in [0.15, 0.2) is 12.7 Å². The lowest BCUT2D eigenvalue weighted by molar-refractivity contribution is -0.127. The highest BCUT2D eigenvalue weighted by Gasteiger charge is 2.39. The molecule has 1 aliphatic carbocycles. The quantitative estimate of drug-likeness (QED) is 0.565. The molecule has 2 heteroatoms. The lowest BCUT2D eigenvalue weighted by atomic mass is 10.1. The molecule has 0 spiro atoms. The number of carbonyl (C=O) groups excluding carboxylic acids is 1. The van der Waals surface area contributed by atoms with Crippen LogP contribution < -0.4 is 0 Å². The molecule has 0 aromatic carbocycles. The Labute approximate surface area is 73.2 Å². The van der Waals surface area contributed by atoms with E-state index >= 15 is 0 Å². The van der Waals surface area contributed by atoms with E-state index in [9.17, 15) is 4.79 Å². The minimum absolute atomic E-state index is 0.0978. The van der Waals surface area contributed by atoms with E-state index in [0.29, 0.717) is 6.04 Å². The standard InChI is InChI=1S/C10H14NO/c1-2-10(12)11-7-3-4-9(11)8-5-6-8/h2-3,8-9H,1,4-7H2. The van der Waals surface area contributed by atoms with Crippen molar-refractivity contribution < 1.29 is 4.79 Å². The fourth-order valence-corrected chi connectivity index (χ4v) is 1.95. The van der Waals surface area contributed by atoms with Gasteiger partial charge in [0.05, 0.1) is 0 Å². The van der Waals surface area contributed by atoms with Gasteiger partial charge in [-0.3, -0.25) is 4.79 Å². The van der Waals surface area contributed by atoms with E-state index in [1.165, 1.54) is 18.9 Å². The van der Waals surface area contributed by atoms with Crippen LogP contribution in [0.1, 0.15) is 19.3 Å². The Morgan fingerprint density at radius 1 is 1.58 bits per heavy atom. The number of likely N-dealkylation sites (tertiary alicyclic amines) is 1. The first-order chi connectivity index (χ1) is 5.83. The zero-order valence-electron chi connectivity index (χ0n) is 7.20. The second-order valence-electron chi connectivity index (χ2n) is 3.62. The van der Waals surface area contributed by atoms with E-state index in [2.05, 4.69) is 13.0 Å². The third kappa shape index (κ3) is 1.26. The average molecular weight is 164 g/mol. The molecule has 2 fully saturated rings. The molecule has 1 radical (unpaired) electrons. The molecular formula is C10H14NO. The highest BCUT2D eigenvalue weighted by Crippen LogP contribution is 2.39. The zero-order valence-corrected chi connectivity index (χ0v) is 7.20. The molecule has 0 bridgehead atoms. The molecule has 1 atom stereocenters. The summed E-state index contributed by atoms with van der Waals surface area (Å²) in [5.41, 5.74) is 0. The predicted octanol–water partition coefficient (Wildman–Crippen LogP) is 1.39. The summed E-state index contributed by atoms with van der Waals surface area (Å²) < 4.78 is 0. The monoisotopic (exact) mass is 164 g/mol. The number of hydrogen-bond acceptors (Lipinski definition) is 1. The number of nitrogens with zero attached hydrogens (tertiary/aromatic N) is 1. The van der Waals surface area contributed by atoms with E-state index in [4.69, 9.17) is 0 Å². The fourth-order valence-electron chi connectivity index (χ4n) is 1.95.